The van der Waals surface area contributed by atoms with E-state index < -0.39 is 38.9 Å². The highest BCUT2D eigenvalue weighted by atomic mass is 32.2. The summed E-state index contributed by atoms with van der Waals surface area (Å²) < 4.78 is 22.9. The van der Waals surface area contributed by atoms with Crippen molar-refractivity contribution in [3.63, 3.8) is 0 Å². The molecule has 142 valence electrons. The molecule has 3 N–H and O–H groups in total. The molecule has 0 aromatic heterocycles. The summed E-state index contributed by atoms with van der Waals surface area (Å²) in [6.45, 7) is -0.444. The average molecular weight is 382 g/mol. The Morgan fingerprint density at radius 1 is 1.12 bits per heavy atom. The molecule has 0 atom stereocenters. The minimum atomic E-state index is -3.53. The lowest BCUT2D eigenvalue weighted by Crippen LogP contribution is -2.47. The first-order valence-electron chi connectivity index (χ1n) is 8.22. The van der Waals surface area contributed by atoms with E-state index in [4.69, 9.17) is 5.11 Å². The molecule has 0 aliphatic heterocycles. The largest absolute Gasteiger partial charge is 0.480 e. The third-order valence-corrected chi connectivity index (χ3v) is 6.56. The third kappa shape index (κ3) is 4.60. The molecule has 1 aromatic rings. The Morgan fingerprint density at radius 2 is 1.69 bits per heavy atom. The van der Waals surface area contributed by atoms with Crippen LogP contribution in [0.2, 0.25) is 0 Å². The fourth-order valence-electron chi connectivity index (χ4n) is 3.09. The van der Waals surface area contributed by atoms with Crippen LogP contribution in [0.25, 0.3) is 0 Å². The van der Waals surface area contributed by atoms with Gasteiger partial charge in [-0.25, -0.2) is 8.42 Å². The average Bonchev–Trinajstić information content (AvgIpc) is 3.06. The number of nitrogens with one attached hydrogen (secondary N) is 2. The topological polar surface area (TPSA) is 130 Å². The predicted molar refractivity (Wildman–Crippen MR) is 95.5 cm³/mol. The molecule has 1 saturated carbocycles. The molecule has 1 aliphatic rings. The van der Waals surface area contributed by atoms with E-state index in [0.29, 0.717) is 36.9 Å². The summed E-state index contributed by atoms with van der Waals surface area (Å²) in [4.78, 5) is 34.6. The van der Waals surface area contributed by atoms with Gasteiger partial charge in [0.25, 0.3) is 0 Å². The Hall–Kier alpha value is -2.42. The van der Waals surface area contributed by atoms with Crippen molar-refractivity contribution in [1.82, 2.24) is 5.32 Å². The van der Waals surface area contributed by atoms with Gasteiger partial charge in [-0.05, 0) is 30.5 Å². The normalized spacial score (nSPS) is 16.0. The summed E-state index contributed by atoms with van der Waals surface area (Å²) in [6, 6.07) is 6.42. The number of carbonyl (C=O) groups excluding carboxylic acids is 2. The highest BCUT2D eigenvalue weighted by Gasteiger charge is 2.49. The van der Waals surface area contributed by atoms with E-state index in [1.54, 1.807) is 24.3 Å². The van der Waals surface area contributed by atoms with Crippen molar-refractivity contribution < 1.29 is 27.9 Å². The summed E-state index contributed by atoms with van der Waals surface area (Å²) >= 11 is 0. The van der Waals surface area contributed by atoms with Crippen molar-refractivity contribution >= 4 is 33.3 Å². The van der Waals surface area contributed by atoms with Gasteiger partial charge in [0.1, 0.15) is 6.54 Å². The van der Waals surface area contributed by atoms with E-state index in [1.165, 1.54) is 0 Å². The molecule has 0 bridgehead atoms. The molecule has 2 amide bonds. The summed E-state index contributed by atoms with van der Waals surface area (Å²) in [7, 11) is -3.53. The molecule has 0 unspecified atom stereocenters. The number of benzene rings is 1. The quantitative estimate of drug-likeness (QED) is 0.637. The maximum atomic E-state index is 12.6. The molecular formula is C17H22N2O6S. The van der Waals surface area contributed by atoms with Crippen LogP contribution in [-0.4, -0.2) is 48.9 Å². The standard InChI is InChI=1S/C17H22N2O6S/c1-26(24,25)17(8-2-3-9-17)16(23)19-13-6-4-12(5-7-13)10-14(20)18-11-15(21)22/h4-7H,2-3,8-11H2,1H3,(H,18,20)(H,19,23)(H,21,22). The highest BCUT2D eigenvalue weighted by molar-refractivity contribution is 7.92. The Kier molecular flexibility index (Phi) is 6.01. The summed E-state index contributed by atoms with van der Waals surface area (Å²) in [6.07, 6.45) is 3.14. The molecule has 1 aliphatic carbocycles. The third-order valence-electron chi connectivity index (χ3n) is 4.55. The number of aliphatic carboxylic acids is 1. The minimum absolute atomic E-state index is 0.00871. The summed E-state index contributed by atoms with van der Waals surface area (Å²) in [5, 5.41) is 13.4. The van der Waals surface area contributed by atoms with Crippen LogP contribution >= 0.6 is 0 Å². The van der Waals surface area contributed by atoms with Gasteiger partial charge in [0.15, 0.2) is 14.6 Å². The van der Waals surface area contributed by atoms with Gasteiger partial charge < -0.3 is 15.7 Å². The smallest absolute Gasteiger partial charge is 0.322 e. The van der Waals surface area contributed by atoms with Gasteiger partial charge in [-0.2, -0.15) is 0 Å². The van der Waals surface area contributed by atoms with Crippen LogP contribution in [0.1, 0.15) is 31.2 Å². The SMILES string of the molecule is CS(=O)(=O)C1(C(=O)Nc2ccc(CC(=O)NCC(=O)O)cc2)CCCC1. The van der Waals surface area contributed by atoms with E-state index in [2.05, 4.69) is 10.6 Å². The summed E-state index contributed by atoms with van der Waals surface area (Å²) in [5.74, 6) is -2.07. The van der Waals surface area contributed by atoms with Crippen molar-refractivity contribution in [2.45, 2.75) is 36.9 Å². The fraction of sp³-hybridized carbons (Fsp3) is 0.471. The van der Waals surface area contributed by atoms with Gasteiger partial charge in [-0.15, -0.1) is 0 Å². The molecule has 0 spiro atoms. The number of anilines is 1. The van der Waals surface area contributed by atoms with E-state index >= 15 is 0 Å². The number of hydrogen-bond acceptors (Lipinski definition) is 5. The zero-order valence-electron chi connectivity index (χ0n) is 14.4. The van der Waals surface area contributed by atoms with E-state index in [9.17, 15) is 22.8 Å². The van der Waals surface area contributed by atoms with Crippen molar-refractivity contribution in [3.8, 4) is 0 Å². The van der Waals surface area contributed by atoms with Gasteiger partial charge >= 0.3 is 5.97 Å². The molecule has 2 rings (SSSR count). The van der Waals surface area contributed by atoms with Gasteiger partial charge in [0, 0.05) is 11.9 Å². The molecule has 26 heavy (non-hydrogen) atoms. The maximum absolute atomic E-state index is 12.6. The van der Waals surface area contributed by atoms with Crippen molar-refractivity contribution in [1.29, 1.82) is 0 Å². The van der Waals surface area contributed by atoms with Crippen LogP contribution in [-0.2, 0) is 30.6 Å². The lowest BCUT2D eigenvalue weighted by atomic mass is 10.1. The zero-order valence-corrected chi connectivity index (χ0v) is 15.3. The lowest BCUT2D eigenvalue weighted by Gasteiger charge is -2.25. The zero-order chi connectivity index (χ0) is 19.4. The second-order valence-electron chi connectivity index (χ2n) is 6.47. The fourth-order valence-corrected chi connectivity index (χ4v) is 4.50. The Bertz CT molecular complexity index is 795. The van der Waals surface area contributed by atoms with Gasteiger partial charge in [-0.3, -0.25) is 14.4 Å². The number of amides is 2. The lowest BCUT2D eigenvalue weighted by molar-refractivity contribution is -0.137. The molecule has 1 aromatic carbocycles. The number of carbonyl (C=O) groups is 3. The maximum Gasteiger partial charge on any atom is 0.322 e. The molecule has 0 saturated heterocycles. The van der Waals surface area contributed by atoms with E-state index in [0.717, 1.165) is 6.26 Å². The Morgan fingerprint density at radius 3 is 2.19 bits per heavy atom. The van der Waals surface area contributed by atoms with E-state index in [-0.39, 0.29) is 6.42 Å². The molecule has 0 radical (unpaired) electrons. The molecule has 0 heterocycles. The Balaban J connectivity index is 2.01. The van der Waals surface area contributed by atoms with E-state index in [1.807, 2.05) is 0 Å². The number of hydrogen-bond donors (Lipinski definition) is 3. The van der Waals surface area contributed by atoms with Crippen LogP contribution in [0.3, 0.4) is 0 Å². The van der Waals surface area contributed by atoms with Crippen LogP contribution in [0.5, 0.6) is 0 Å². The molecule has 8 nitrogen and oxygen atoms in total. The predicted octanol–water partition coefficient (Wildman–Crippen LogP) is 0.726. The molecule has 1 fully saturated rings. The first-order chi connectivity index (χ1) is 12.1. The van der Waals surface area contributed by atoms with Crippen LogP contribution < -0.4 is 10.6 Å². The van der Waals surface area contributed by atoms with Crippen molar-refractivity contribution in [3.05, 3.63) is 29.8 Å². The Labute approximate surface area is 151 Å². The second kappa shape index (κ2) is 7.86. The first kappa shape index (κ1) is 19.9. The van der Waals surface area contributed by atoms with Crippen LogP contribution in [0, 0.1) is 0 Å². The summed E-state index contributed by atoms with van der Waals surface area (Å²) in [5.41, 5.74) is 1.09. The van der Waals surface area contributed by atoms with Crippen LogP contribution in [0.4, 0.5) is 5.69 Å². The van der Waals surface area contributed by atoms with Crippen molar-refractivity contribution in [2.75, 3.05) is 18.1 Å². The van der Waals surface area contributed by atoms with Crippen molar-refractivity contribution in [2.24, 2.45) is 0 Å². The number of carboxylic acids is 1. The number of carboxylic acid groups (broad SMARTS) is 1. The molecular weight excluding hydrogens is 360 g/mol. The monoisotopic (exact) mass is 382 g/mol. The van der Waals surface area contributed by atoms with Crippen LogP contribution in [0.15, 0.2) is 24.3 Å². The second-order valence-corrected chi connectivity index (χ2v) is 8.80. The van der Waals surface area contributed by atoms with Gasteiger partial charge in [-0.1, -0.05) is 25.0 Å². The first-order valence-corrected chi connectivity index (χ1v) is 10.1. The number of sulfone groups is 1. The van der Waals surface area contributed by atoms with Gasteiger partial charge in [0.05, 0.1) is 6.42 Å². The molecule has 9 heteroatoms. The minimum Gasteiger partial charge on any atom is -0.480 e. The van der Waals surface area contributed by atoms with Gasteiger partial charge in [0.2, 0.25) is 11.8 Å². The highest BCUT2D eigenvalue weighted by Crippen LogP contribution is 2.37. The number of rotatable bonds is 7.